The summed E-state index contributed by atoms with van der Waals surface area (Å²) < 4.78 is 5.39. The summed E-state index contributed by atoms with van der Waals surface area (Å²) in [6.45, 7) is 9.45. The number of hydrogen-bond acceptors (Lipinski definition) is 3. The van der Waals surface area contributed by atoms with E-state index in [1.807, 2.05) is 65.0 Å². The van der Waals surface area contributed by atoms with Crippen molar-refractivity contribution in [2.45, 2.75) is 52.7 Å². The van der Waals surface area contributed by atoms with Crippen LogP contribution < -0.4 is 5.32 Å². The third kappa shape index (κ3) is 8.19. The van der Waals surface area contributed by atoms with Crippen molar-refractivity contribution in [1.82, 2.24) is 5.32 Å². The van der Waals surface area contributed by atoms with Gasteiger partial charge in [-0.2, -0.15) is 0 Å². The fourth-order valence-corrected chi connectivity index (χ4v) is 2.01. The summed E-state index contributed by atoms with van der Waals surface area (Å²) in [4.78, 5) is 24.3. The molecule has 0 spiro atoms. The molecule has 126 valence electrons. The first-order valence-electron chi connectivity index (χ1n) is 7.94. The molecule has 4 heteroatoms. The van der Waals surface area contributed by atoms with Gasteiger partial charge in [-0.05, 0) is 44.7 Å². The van der Waals surface area contributed by atoms with E-state index in [0.29, 0.717) is 6.42 Å². The first-order valence-corrected chi connectivity index (χ1v) is 7.94. The molecule has 0 fully saturated rings. The Hall–Kier alpha value is -2.10. The fraction of sp³-hybridized carbons (Fsp3) is 0.474. The lowest BCUT2D eigenvalue weighted by Crippen LogP contribution is -2.44. The zero-order chi connectivity index (χ0) is 17.5. The van der Waals surface area contributed by atoms with Gasteiger partial charge < -0.3 is 10.1 Å². The van der Waals surface area contributed by atoms with E-state index in [-0.39, 0.29) is 11.8 Å². The van der Waals surface area contributed by atoms with Gasteiger partial charge in [0.15, 0.2) is 0 Å². The predicted octanol–water partition coefficient (Wildman–Crippen LogP) is 3.57. The third-order valence-electron chi connectivity index (χ3n) is 2.94. The highest BCUT2D eigenvalue weighted by Gasteiger charge is 2.26. The van der Waals surface area contributed by atoms with Crippen LogP contribution in [0.3, 0.4) is 0 Å². The van der Waals surface area contributed by atoms with Crippen molar-refractivity contribution in [2.24, 2.45) is 5.92 Å². The first-order chi connectivity index (χ1) is 10.7. The van der Waals surface area contributed by atoms with E-state index in [1.165, 1.54) is 6.08 Å². The van der Waals surface area contributed by atoms with E-state index < -0.39 is 17.6 Å². The molecule has 1 N–H and O–H groups in total. The average Bonchev–Trinajstić information content (AvgIpc) is 2.43. The molecule has 0 heterocycles. The Morgan fingerprint density at radius 3 is 2.30 bits per heavy atom. The van der Waals surface area contributed by atoms with E-state index in [1.54, 1.807) is 6.08 Å². The van der Waals surface area contributed by atoms with Gasteiger partial charge >= 0.3 is 5.97 Å². The molecular formula is C19H27NO3. The van der Waals surface area contributed by atoms with Crippen LogP contribution in [0.2, 0.25) is 0 Å². The number of carbonyl (C=O) groups excluding carboxylic acids is 2. The average molecular weight is 317 g/mol. The number of benzene rings is 1. The SMILES string of the molecule is CC(C)C[C@H](NC(=O)C=Cc1ccccc1)C(=O)OC(C)(C)C. The fourth-order valence-electron chi connectivity index (χ4n) is 2.01. The molecular weight excluding hydrogens is 290 g/mol. The zero-order valence-electron chi connectivity index (χ0n) is 14.6. The second-order valence-electron chi connectivity index (χ2n) is 6.97. The molecule has 0 aliphatic carbocycles. The second kappa shape index (κ2) is 8.51. The van der Waals surface area contributed by atoms with Crippen molar-refractivity contribution in [3.8, 4) is 0 Å². The van der Waals surface area contributed by atoms with Crippen LogP contribution in [0.15, 0.2) is 36.4 Å². The van der Waals surface area contributed by atoms with E-state index in [9.17, 15) is 9.59 Å². The van der Waals surface area contributed by atoms with E-state index in [4.69, 9.17) is 4.74 Å². The Labute approximate surface area is 138 Å². The molecule has 0 aromatic heterocycles. The summed E-state index contributed by atoms with van der Waals surface area (Å²) in [5, 5.41) is 2.74. The molecule has 0 saturated carbocycles. The molecule has 0 bridgehead atoms. The van der Waals surface area contributed by atoms with Gasteiger partial charge in [0.2, 0.25) is 5.91 Å². The number of nitrogens with one attached hydrogen (secondary N) is 1. The number of carbonyl (C=O) groups is 2. The molecule has 4 nitrogen and oxygen atoms in total. The third-order valence-corrected chi connectivity index (χ3v) is 2.94. The quantitative estimate of drug-likeness (QED) is 0.644. The molecule has 0 aliphatic heterocycles. The maximum absolute atomic E-state index is 12.2. The highest BCUT2D eigenvalue weighted by molar-refractivity contribution is 5.94. The van der Waals surface area contributed by atoms with Crippen LogP contribution in [0.1, 0.15) is 46.6 Å². The Kier molecular flexibility index (Phi) is 7.01. The van der Waals surface area contributed by atoms with Gasteiger partial charge in [0.1, 0.15) is 11.6 Å². The number of esters is 1. The van der Waals surface area contributed by atoms with Crippen LogP contribution in [-0.4, -0.2) is 23.5 Å². The lowest BCUT2D eigenvalue weighted by Gasteiger charge is -2.25. The van der Waals surface area contributed by atoms with Crippen molar-refractivity contribution in [3.05, 3.63) is 42.0 Å². The summed E-state index contributed by atoms with van der Waals surface area (Å²) in [5.41, 5.74) is 0.358. The van der Waals surface area contributed by atoms with Crippen molar-refractivity contribution in [3.63, 3.8) is 0 Å². The summed E-state index contributed by atoms with van der Waals surface area (Å²) >= 11 is 0. The lowest BCUT2D eigenvalue weighted by atomic mass is 10.0. The van der Waals surface area contributed by atoms with Gasteiger partial charge in [-0.15, -0.1) is 0 Å². The summed E-state index contributed by atoms with van der Waals surface area (Å²) in [7, 11) is 0. The minimum absolute atomic E-state index is 0.269. The van der Waals surface area contributed by atoms with Crippen LogP contribution >= 0.6 is 0 Å². The highest BCUT2D eigenvalue weighted by atomic mass is 16.6. The Morgan fingerprint density at radius 1 is 1.17 bits per heavy atom. The monoisotopic (exact) mass is 317 g/mol. The largest absolute Gasteiger partial charge is 0.458 e. The normalized spacial score (nSPS) is 13.1. The molecule has 1 aromatic carbocycles. The Balaban J connectivity index is 2.70. The first kappa shape index (κ1) is 18.9. The molecule has 1 rings (SSSR count). The summed E-state index contributed by atoms with van der Waals surface area (Å²) in [6.07, 6.45) is 3.70. The maximum atomic E-state index is 12.2. The van der Waals surface area contributed by atoms with Crippen LogP contribution in [0.25, 0.3) is 6.08 Å². The number of ether oxygens (including phenoxy) is 1. The molecule has 1 amide bonds. The minimum Gasteiger partial charge on any atom is -0.458 e. The number of rotatable bonds is 6. The summed E-state index contributed by atoms with van der Waals surface area (Å²) in [6, 6.07) is 8.90. The van der Waals surface area contributed by atoms with Crippen LogP contribution in [0.4, 0.5) is 0 Å². The van der Waals surface area contributed by atoms with Gasteiger partial charge in [0.25, 0.3) is 0 Å². The van der Waals surface area contributed by atoms with E-state index in [0.717, 1.165) is 5.56 Å². The van der Waals surface area contributed by atoms with E-state index in [2.05, 4.69) is 5.32 Å². The Morgan fingerprint density at radius 2 is 1.78 bits per heavy atom. The van der Waals surface area contributed by atoms with Gasteiger partial charge in [0.05, 0.1) is 0 Å². The second-order valence-corrected chi connectivity index (χ2v) is 6.97. The molecule has 0 unspecified atom stereocenters. The van der Waals surface area contributed by atoms with Gasteiger partial charge in [0, 0.05) is 6.08 Å². The van der Waals surface area contributed by atoms with Crippen molar-refractivity contribution < 1.29 is 14.3 Å². The van der Waals surface area contributed by atoms with Gasteiger partial charge in [-0.3, -0.25) is 4.79 Å². The van der Waals surface area contributed by atoms with Gasteiger partial charge in [-0.1, -0.05) is 44.2 Å². The molecule has 23 heavy (non-hydrogen) atoms. The number of amides is 1. The summed E-state index contributed by atoms with van der Waals surface area (Å²) in [5.74, 6) is -0.427. The molecule has 1 atom stereocenters. The zero-order valence-corrected chi connectivity index (χ0v) is 14.6. The molecule has 0 aliphatic rings. The van der Waals surface area contributed by atoms with E-state index >= 15 is 0 Å². The van der Waals surface area contributed by atoms with Crippen LogP contribution in [0, 0.1) is 5.92 Å². The van der Waals surface area contributed by atoms with Crippen molar-refractivity contribution >= 4 is 18.0 Å². The smallest absolute Gasteiger partial charge is 0.329 e. The van der Waals surface area contributed by atoms with Crippen molar-refractivity contribution in [1.29, 1.82) is 0 Å². The standard InChI is InChI=1S/C19H27NO3/c1-14(2)13-16(18(22)23-19(3,4)5)20-17(21)12-11-15-9-7-6-8-10-15/h6-12,14,16H,13H2,1-5H3,(H,20,21)/t16-/m0/s1. The minimum atomic E-state index is -0.637. The maximum Gasteiger partial charge on any atom is 0.329 e. The molecule has 0 saturated heterocycles. The molecule has 0 radical (unpaired) electrons. The predicted molar refractivity (Wildman–Crippen MR) is 92.7 cm³/mol. The number of hydrogen-bond donors (Lipinski definition) is 1. The highest BCUT2D eigenvalue weighted by Crippen LogP contribution is 2.13. The van der Waals surface area contributed by atoms with Crippen LogP contribution in [-0.2, 0) is 14.3 Å². The van der Waals surface area contributed by atoms with Crippen molar-refractivity contribution in [2.75, 3.05) is 0 Å². The van der Waals surface area contributed by atoms with Crippen LogP contribution in [0.5, 0.6) is 0 Å². The van der Waals surface area contributed by atoms with Gasteiger partial charge in [-0.25, -0.2) is 4.79 Å². The lowest BCUT2D eigenvalue weighted by molar-refractivity contribution is -0.158. The molecule has 1 aromatic rings. The Bertz CT molecular complexity index is 541. The topological polar surface area (TPSA) is 55.4 Å².